The zero-order chi connectivity index (χ0) is 17.3. The highest BCUT2D eigenvalue weighted by Crippen LogP contribution is 2.25. The van der Waals surface area contributed by atoms with Crippen LogP contribution in [0.4, 0.5) is 23.1 Å². The van der Waals surface area contributed by atoms with Crippen molar-refractivity contribution >= 4 is 44.9 Å². The van der Waals surface area contributed by atoms with Crippen molar-refractivity contribution in [1.29, 1.82) is 0 Å². The molecule has 5 aromatic rings. The van der Waals surface area contributed by atoms with Crippen molar-refractivity contribution in [2.45, 2.75) is 0 Å². The fourth-order valence-corrected chi connectivity index (χ4v) is 2.96. The van der Waals surface area contributed by atoms with Crippen molar-refractivity contribution in [1.82, 2.24) is 25.1 Å². The predicted octanol–water partition coefficient (Wildman–Crippen LogP) is 4.32. The van der Waals surface area contributed by atoms with Crippen LogP contribution in [0.25, 0.3) is 21.8 Å². The first-order chi connectivity index (χ1) is 12.8. The molecule has 126 valence electrons. The lowest BCUT2D eigenvalue weighted by atomic mass is 10.2. The van der Waals surface area contributed by atoms with Gasteiger partial charge in [0.15, 0.2) is 0 Å². The summed E-state index contributed by atoms with van der Waals surface area (Å²) in [5, 5.41) is 15.8. The van der Waals surface area contributed by atoms with E-state index in [9.17, 15) is 0 Å². The predicted molar refractivity (Wildman–Crippen MR) is 103 cm³/mol. The third kappa shape index (κ3) is 2.61. The quantitative estimate of drug-likeness (QED) is 0.390. The highest BCUT2D eigenvalue weighted by molar-refractivity contribution is 5.92. The summed E-state index contributed by atoms with van der Waals surface area (Å²) in [4.78, 5) is 12.0. The zero-order valence-electron chi connectivity index (χ0n) is 13.7. The molecule has 0 fully saturated rings. The first-order valence-corrected chi connectivity index (χ1v) is 8.21. The molecule has 26 heavy (non-hydrogen) atoms. The lowest BCUT2D eigenvalue weighted by Gasteiger charge is -2.09. The van der Waals surface area contributed by atoms with Crippen LogP contribution < -0.4 is 10.6 Å². The molecule has 3 heterocycles. The Hall–Kier alpha value is -3.87. The van der Waals surface area contributed by atoms with E-state index in [4.69, 9.17) is 0 Å². The number of rotatable bonds is 4. The molecule has 0 amide bonds. The molecule has 0 aliphatic heterocycles. The summed E-state index contributed by atoms with van der Waals surface area (Å²) in [5.74, 6) is 1.24. The first kappa shape index (κ1) is 14.5. The van der Waals surface area contributed by atoms with Crippen LogP contribution in [0.3, 0.4) is 0 Å². The number of anilines is 4. The molecule has 0 atom stereocenters. The van der Waals surface area contributed by atoms with Gasteiger partial charge in [-0.05, 0) is 42.5 Å². The summed E-state index contributed by atoms with van der Waals surface area (Å²) in [6.07, 6.45) is 5.44. The van der Waals surface area contributed by atoms with Crippen LogP contribution in [0, 0.1) is 0 Å². The molecule has 0 radical (unpaired) electrons. The van der Waals surface area contributed by atoms with E-state index in [1.165, 1.54) is 0 Å². The average molecular weight is 341 g/mol. The van der Waals surface area contributed by atoms with Crippen molar-refractivity contribution in [3.8, 4) is 0 Å². The second kappa shape index (κ2) is 5.89. The van der Waals surface area contributed by atoms with E-state index in [-0.39, 0.29) is 0 Å². The van der Waals surface area contributed by atoms with Gasteiger partial charge >= 0.3 is 0 Å². The van der Waals surface area contributed by atoms with Gasteiger partial charge in [0, 0.05) is 34.4 Å². The van der Waals surface area contributed by atoms with E-state index in [2.05, 4.69) is 41.8 Å². The van der Waals surface area contributed by atoms with Crippen molar-refractivity contribution in [3.63, 3.8) is 0 Å². The van der Waals surface area contributed by atoms with Crippen LogP contribution in [-0.4, -0.2) is 25.1 Å². The standard InChI is InChI=1S/C19H15N7/c1-2-16(14-11-22-26-17(14)3-1)24-18-7-9-21-19(25-18)23-13-4-5-15-12(10-13)6-8-20-15/h1-11,20H,(H,22,26)(H2,21,23,24,25). The van der Waals surface area contributed by atoms with Crippen LogP contribution in [-0.2, 0) is 0 Å². The van der Waals surface area contributed by atoms with Gasteiger partial charge in [0.1, 0.15) is 5.82 Å². The maximum Gasteiger partial charge on any atom is 0.229 e. The second-order valence-electron chi connectivity index (χ2n) is 5.93. The maximum absolute atomic E-state index is 4.55. The zero-order valence-corrected chi connectivity index (χ0v) is 13.7. The number of benzene rings is 2. The van der Waals surface area contributed by atoms with E-state index >= 15 is 0 Å². The third-order valence-electron chi connectivity index (χ3n) is 4.21. The minimum Gasteiger partial charge on any atom is -0.361 e. The van der Waals surface area contributed by atoms with Crippen LogP contribution in [0.15, 0.2) is 67.1 Å². The van der Waals surface area contributed by atoms with E-state index < -0.39 is 0 Å². The number of hydrogen-bond acceptors (Lipinski definition) is 5. The van der Waals surface area contributed by atoms with Crippen LogP contribution in [0.5, 0.6) is 0 Å². The van der Waals surface area contributed by atoms with Gasteiger partial charge in [0.25, 0.3) is 0 Å². The largest absolute Gasteiger partial charge is 0.361 e. The fourth-order valence-electron chi connectivity index (χ4n) is 2.96. The van der Waals surface area contributed by atoms with Gasteiger partial charge in [-0.3, -0.25) is 5.10 Å². The van der Waals surface area contributed by atoms with Gasteiger partial charge in [-0.15, -0.1) is 0 Å². The Morgan fingerprint density at radius 1 is 0.923 bits per heavy atom. The molecule has 0 spiro atoms. The second-order valence-corrected chi connectivity index (χ2v) is 5.93. The molecule has 5 rings (SSSR count). The summed E-state index contributed by atoms with van der Waals surface area (Å²) in [6, 6.07) is 15.9. The van der Waals surface area contributed by atoms with E-state index in [0.717, 1.165) is 33.2 Å². The van der Waals surface area contributed by atoms with Gasteiger partial charge in [-0.2, -0.15) is 10.1 Å². The average Bonchev–Trinajstić information content (AvgIpc) is 3.31. The molecule has 0 bridgehead atoms. The number of hydrogen-bond donors (Lipinski definition) is 4. The van der Waals surface area contributed by atoms with Gasteiger partial charge < -0.3 is 15.6 Å². The van der Waals surface area contributed by atoms with Gasteiger partial charge in [0.05, 0.1) is 17.4 Å². The van der Waals surface area contributed by atoms with E-state index in [0.29, 0.717) is 11.8 Å². The number of fused-ring (bicyclic) bond motifs is 2. The summed E-state index contributed by atoms with van der Waals surface area (Å²) >= 11 is 0. The highest BCUT2D eigenvalue weighted by atomic mass is 15.1. The van der Waals surface area contributed by atoms with Crippen molar-refractivity contribution in [2.75, 3.05) is 10.6 Å². The third-order valence-corrected chi connectivity index (χ3v) is 4.21. The van der Waals surface area contributed by atoms with Crippen molar-refractivity contribution < 1.29 is 0 Å². The Labute approximate surface area is 148 Å². The molecule has 2 aromatic carbocycles. The Balaban J connectivity index is 1.42. The van der Waals surface area contributed by atoms with Crippen LogP contribution in [0.1, 0.15) is 0 Å². The SMILES string of the molecule is c1cc(Nc2ccnc(Nc3ccc4[nH]ccc4c3)n2)c2cn[nH]c2c1. The minimum atomic E-state index is 0.532. The highest BCUT2D eigenvalue weighted by Gasteiger charge is 2.05. The Bertz CT molecular complexity index is 1200. The molecule has 0 saturated carbocycles. The summed E-state index contributed by atoms with van der Waals surface area (Å²) in [5.41, 5.74) is 3.95. The molecule has 7 heteroatoms. The Kier molecular flexibility index (Phi) is 3.28. The topological polar surface area (TPSA) is 94.3 Å². The molecular weight excluding hydrogens is 326 g/mol. The monoisotopic (exact) mass is 341 g/mol. The fraction of sp³-hybridized carbons (Fsp3) is 0. The number of aromatic amines is 2. The number of nitrogens with one attached hydrogen (secondary N) is 4. The smallest absolute Gasteiger partial charge is 0.229 e. The summed E-state index contributed by atoms with van der Waals surface area (Å²) < 4.78 is 0. The molecule has 0 aliphatic rings. The molecule has 0 unspecified atom stereocenters. The van der Waals surface area contributed by atoms with E-state index in [1.54, 1.807) is 12.4 Å². The van der Waals surface area contributed by atoms with Crippen molar-refractivity contribution in [3.05, 3.63) is 67.1 Å². The number of H-pyrrole nitrogens is 2. The first-order valence-electron chi connectivity index (χ1n) is 8.21. The molecule has 3 aromatic heterocycles. The lowest BCUT2D eigenvalue weighted by molar-refractivity contribution is 1.12. The molecule has 7 nitrogen and oxygen atoms in total. The number of aromatic nitrogens is 5. The summed E-state index contributed by atoms with van der Waals surface area (Å²) in [6.45, 7) is 0. The maximum atomic E-state index is 4.55. The van der Waals surface area contributed by atoms with E-state index in [1.807, 2.05) is 48.7 Å². The van der Waals surface area contributed by atoms with Crippen LogP contribution >= 0.6 is 0 Å². The minimum absolute atomic E-state index is 0.532. The van der Waals surface area contributed by atoms with Crippen molar-refractivity contribution in [2.24, 2.45) is 0 Å². The Morgan fingerprint density at radius 3 is 2.92 bits per heavy atom. The lowest BCUT2D eigenvalue weighted by Crippen LogP contribution is -2.00. The van der Waals surface area contributed by atoms with Crippen LogP contribution in [0.2, 0.25) is 0 Å². The Morgan fingerprint density at radius 2 is 1.92 bits per heavy atom. The summed E-state index contributed by atoms with van der Waals surface area (Å²) in [7, 11) is 0. The van der Waals surface area contributed by atoms with Gasteiger partial charge in [0.2, 0.25) is 5.95 Å². The van der Waals surface area contributed by atoms with Gasteiger partial charge in [-0.25, -0.2) is 4.98 Å². The molecule has 0 aliphatic carbocycles. The molecule has 0 saturated heterocycles. The molecular formula is C19H15N7. The normalized spacial score (nSPS) is 11.1. The van der Waals surface area contributed by atoms with Gasteiger partial charge in [-0.1, -0.05) is 6.07 Å². The molecule has 4 N–H and O–H groups in total. The number of nitrogens with zero attached hydrogens (tertiary/aromatic N) is 3.